The lowest BCUT2D eigenvalue weighted by molar-refractivity contribution is -0.123. The van der Waals surface area contributed by atoms with Crippen LogP contribution in [-0.4, -0.2) is 37.2 Å². The lowest BCUT2D eigenvalue weighted by atomic mass is 10.1. The van der Waals surface area contributed by atoms with E-state index in [0.717, 1.165) is 38.8 Å². The van der Waals surface area contributed by atoms with Gasteiger partial charge in [0.1, 0.15) is 0 Å². The molecular formula is C13H26N2O2. The van der Waals surface area contributed by atoms with E-state index in [0.29, 0.717) is 0 Å². The third-order valence-electron chi connectivity index (χ3n) is 3.26. The molecule has 1 aliphatic rings. The summed E-state index contributed by atoms with van der Waals surface area (Å²) < 4.78 is 5.60. The molecule has 3 unspecified atom stereocenters. The van der Waals surface area contributed by atoms with Crippen LogP contribution in [0.5, 0.6) is 0 Å². The summed E-state index contributed by atoms with van der Waals surface area (Å²) in [5.41, 5.74) is 0. The summed E-state index contributed by atoms with van der Waals surface area (Å²) in [5, 5.41) is 6.25. The Hall–Kier alpha value is -0.610. The van der Waals surface area contributed by atoms with Gasteiger partial charge >= 0.3 is 0 Å². The molecule has 17 heavy (non-hydrogen) atoms. The van der Waals surface area contributed by atoms with Gasteiger partial charge in [-0.15, -0.1) is 0 Å². The molecule has 1 fully saturated rings. The first kappa shape index (κ1) is 14.5. The fourth-order valence-electron chi connectivity index (χ4n) is 2.12. The van der Waals surface area contributed by atoms with E-state index in [2.05, 4.69) is 24.5 Å². The Morgan fingerprint density at radius 3 is 2.82 bits per heavy atom. The first-order valence-corrected chi connectivity index (χ1v) is 6.80. The van der Waals surface area contributed by atoms with Crippen LogP contribution in [0, 0.1) is 0 Å². The van der Waals surface area contributed by atoms with Crippen LogP contribution in [-0.2, 0) is 9.53 Å². The standard InChI is InChI=1S/C13H26N2O2/c1-4-5-8-14-13(16)11(3)15-10(2)12-7-6-9-17-12/h10-12,15H,4-9H2,1-3H3,(H,14,16). The van der Waals surface area contributed by atoms with Gasteiger partial charge in [0.2, 0.25) is 5.91 Å². The third kappa shape index (κ3) is 5.04. The highest BCUT2D eigenvalue weighted by Gasteiger charge is 2.24. The molecule has 3 atom stereocenters. The van der Waals surface area contributed by atoms with E-state index >= 15 is 0 Å². The molecule has 1 heterocycles. The van der Waals surface area contributed by atoms with Crippen molar-refractivity contribution in [2.75, 3.05) is 13.2 Å². The Bertz CT molecular complexity index is 227. The van der Waals surface area contributed by atoms with Gasteiger partial charge in [0.25, 0.3) is 0 Å². The second-order valence-corrected chi connectivity index (χ2v) is 4.87. The maximum Gasteiger partial charge on any atom is 0.236 e. The molecule has 0 saturated carbocycles. The third-order valence-corrected chi connectivity index (χ3v) is 3.26. The maximum atomic E-state index is 11.8. The molecule has 1 saturated heterocycles. The lowest BCUT2D eigenvalue weighted by Crippen LogP contribution is -2.49. The highest BCUT2D eigenvalue weighted by atomic mass is 16.5. The number of hydrogen-bond donors (Lipinski definition) is 2. The monoisotopic (exact) mass is 242 g/mol. The van der Waals surface area contributed by atoms with Crippen molar-refractivity contribution in [1.29, 1.82) is 0 Å². The molecule has 1 aliphatic heterocycles. The van der Waals surface area contributed by atoms with Gasteiger partial charge < -0.3 is 15.4 Å². The minimum Gasteiger partial charge on any atom is -0.377 e. The molecule has 100 valence electrons. The Morgan fingerprint density at radius 2 is 2.24 bits per heavy atom. The molecule has 4 nitrogen and oxygen atoms in total. The van der Waals surface area contributed by atoms with Gasteiger partial charge in [-0.25, -0.2) is 0 Å². The van der Waals surface area contributed by atoms with Crippen molar-refractivity contribution >= 4 is 5.91 Å². The average Bonchev–Trinajstić information content (AvgIpc) is 2.82. The Kier molecular flexibility index (Phi) is 6.52. The van der Waals surface area contributed by atoms with E-state index in [9.17, 15) is 4.79 Å². The van der Waals surface area contributed by atoms with Crippen molar-refractivity contribution in [3.8, 4) is 0 Å². The number of carbonyl (C=O) groups is 1. The summed E-state index contributed by atoms with van der Waals surface area (Å²) in [4.78, 5) is 11.8. The molecule has 0 radical (unpaired) electrons. The minimum atomic E-state index is -0.147. The van der Waals surface area contributed by atoms with Crippen molar-refractivity contribution < 1.29 is 9.53 Å². The first-order chi connectivity index (χ1) is 8.15. The fourth-order valence-corrected chi connectivity index (χ4v) is 2.12. The van der Waals surface area contributed by atoms with Crippen molar-refractivity contribution in [2.45, 2.75) is 64.6 Å². The van der Waals surface area contributed by atoms with Gasteiger partial charge in [0.05, 0.1) is 12.1 Å². The predicted octanol–water partition coefficient (Wildman–Crippen LogP) is 1.45. The molecule has 0 bridgehead atoms. The molecule has 2 N–H and O–H groups in total. The predicted molar refractivity (Wildman–Crippen MR) is 69.0 cm³/mol. The normalized spacial score (nSPS) is 23.4. The summed E-state index contributed by atoms with van der Waals surface area (Å²) in [6.45, 7) is 7.75. The first-order valence-electron chi connectivity index (χ1n) is 6.80. The summed E-state index contributed by atoms with van der Waals surface area (Å²) in [7, 11) is 0. The zero-order valence-electron chi connectivity index (χ0n) is 11.3. The zero-order valence-corrected chi connectivity index (χ0v) is 11.3. The molecule has 4 heteroatoms. The van der Waals surface area contributed by atoms with Gasteiger partial charge in [-0.3, -0.25) is 4.79 Å². The number of rotatable bonds is 7. The van der Waals surface area contributed by atoms with Crippen LogP contribution in [0.25, 0.3) is 0 Å². The van der Waals surface area contributed by atoms with Crippen molar-refractivity contribution in [3.63, 3.8) is 0 Å². The van der Waals surface area contributed by atoms with Crippen molar-refractivity contribution in [2.24, 2.45) is 0 Å². The number of nitrogens with one attached hydrogen (secondary N) is 2. The smallest absolute Gasteiger partial charge is 0.236 e. The van der Waals surface area contributed by atoms with Gasteiger partial charge in [0, 0.05) is 19.2 Å². The highest BCUT2D eigenvalue weighted by molar-refractivity contribution is 5.81. The molecule has 1 amide bonds. The topological polar surface area (TPSA) is 50.4 Å². The summed E-state index contributed by atoms with van der Waals surface area (Å²) >= 11 is 0. The van der Waals surface area contributed by atoms with E-state index in [1.807, 2.05) is 6.92 Å². The maximum absolute atomic E-state index is 11.8. The lowest BCUT2D eigenvalue weighted by Gasteiger charge is -2.23. The van der Waals surface area contributed by atoms with Crippen LogP contribution in [0.2, 0.25) is 0 Å². The van der Waals surface area contributed by atoms with Crippen LogP contribution < -0.4 is 10.6 Å². The Morgan fingerprint density at radius 1 is 1.47 bits per heavy atom. The molecule has 0 aromatic carbocycles. The zero-order chi connectivity index (χ0) is 12.7. The number of carbonyl (C=O) groups excluding carboxylic acids is 1. The SMILES string of the molecule is CCCCNC(=O)C(C)NC(C)C1CCCO1. The fraction of sp³-hybridized carbons (Fsp3) is 0.923. The minimum absolute atomic E-state index is 0.0864. The van der Waals surface area contributed by atoms with Gasteiger partial charge in [-0.05, 0) is 33.1 Å². The van der Waals surface area contributed by atoms with Crippen molar-refractivity contribution in [3.05, 3.63) is 0 Å². The number of unbranched alkanes of at least 4 members (excludes halogenated alkanes) is 1. The number of ether oxygens (including phenoxy) is 1. The summed E-state index contributed by atoms with van der Waals surface area (Å²) in [6.07, 6.45) is 4.64. The van der Waals surface area contributed by atoms with Gasteiger partial charge in [-0.1, -0.05) is 13.3 Å². The molecular weight excluding hydrogens is 216 g/mol. The Balaban J connectivity index is 2.22. The van der Waals surface area contributed by atoms with Crippen LogP contribution in [0.1, 0.15) is 46.5 Å². The quantitative estimate of drug-likeness (QED) is 0.664. The van der Waals surface area contributed by atoms with Crippen LogP contribution in [0.15, 0.2) is 0 Å². The number of amides is 1. The average molecular weight is 242 g/mol. The highest BCUT2D eigenvalue weighted by Crippen LogP contribution is 2.15. The summed E-state index contributed by atoms with van der Waals surface area (Å²) in [5.74, 6) is 0.0864. The van der Waals surface area contributed by atoms with Crippen LogP contribution in [0.3, 0.4) is 0 Å². The van der Waals surface area contributed by atoms with Crippen LogP contribution >= 0.6 is 0 Å². The molecule has 0 spiro atoms. The molecule has 0 aliphatic carbocycles. The van der Waals surface area contributed by atoms with E-state index < -0.39 is 0 Å². The van der Waals surface area contributed by atoms with E-state index in [4.69, 9.17) is 4.74 Å². The van der Waals surface area contributed by atoms with Crippen LogP contribution in [0.4, 0.5) is 0 Å². The second-order valence-electron chi connectivity index (χ2n) is 4.87. The van der Waals surface area contributed by atoms with Gasteiger partial charge in [0.15, 0.2) is 0 Å². The second kappa shape index (κ2) is 7.67. The van der Waals surface area contributed by atoms with E-state index in [1.54, 1.807) is 0 Å². The molecule has 0 aromatic rings. The van der Waals surface area contributed by atoms with Crippen molar-refractivity contribution in [1.82, 2.24) is 10.6 Å². The Labute approximate surface area is 104 Å². The molecule has 1 rings (SSSR count). The van der Waals surface area contributed by atoms with Gasteiger partial charge in [-0.2, -0.15) is 0 Å². The molecule has 0 aromatic heterocycles. The van der Waals surface area contributed by atoms with E-state index in [-0.39, 0.29) is 24.1 Å². The van der Waals surface area contributed by atoms with E-state index in [1.165, 1.54) is 0 Å². The largest absolute Gasteiger partial charge is 0.377 e. The number of hydrogen-bond acceptors (Lipinski definition) is 3. The summed E-state index contributed by atoms with van der Waals surface area (Å²) in [6, 6.07) is 0.0930.